The van der Waals surface area contributed by atoms with Crippen LogP contribution in [0.25, 0.3) is 0 Å². The summed E-state index contributed by atoms with van der Waals surface area (Å²) < 4.78 is 0. The molecule has 24 heavy (non-hydrogen) atoms. The summed E-state index contributed by atoms with van der Waals surface area (Å²) >= 11 is 6.58. The van der Waals surface area contributed by atoms with Crippen molar-refractivity contribution in [3.8, 4) is 0 Å². The van der Waals surface area contributed by atoms with Gasteiger partial charge in [-0.2, -0.15) is 0 Å². The molecule has 1 aliphatic heterocycles. The lowest BCUT2D eigenvalue weighted by Gasteiger charge is -2.34. The predicted octanol–water partition coefficient (Wildman–Crippen LogP) is 3.19. The number of carbonyl (C=O) groups excluding carboxylic acids is 1. The summed E-state index contributed by atoms with van der Waals surface area (Å²) in [6.45, 7) is 0. The van der Waals surface area contributed by atoms with E-state index in [0.717, 1.165) is 10.4 Å². The summed E-state index contributed by atoms with van der Waals surface area (Å²) in [7, 11) is 0. The average Bonchev–Trinajstić information content (AvgIpc) is 3.10. The van der Waals surface area contributed by atoms with Crippen molar-refractivity contribution in [2.45, 2.75) is 22.1 Å². The monoisotopic (exact) mass is 426 g/mol. The minimum Gasteiger partial charge on any atom is -0.478 e. The third-order valence-electron chi connectivity index (χ3n) is 3.59. The van der Waals surface area contributed by atoms with Crippen LogP contribution in [0.5, 0.6) is 0 Å². The van der Waals surface area contributed by atoms with Crippen molar-refractivity contribution in [2.75, 3.05) is 0 Å². The van der Waals surface area contributed by atoms with Gasteiger partial charge in [0.05, 0.1) is 11.6 Å². The molecule has 3 N–H and O–H groups in total. The Morgan fingerprint density at radius 1 is 1.33 bits per heavy atom. The molecule has 0 aliphatic carbocycles. The number of carboxylic acids is 1. The van der Waals surface area contributed by atoms with Crippen molar-refractivity contribution >= 4 is 50.9 Å². The number of carboxylic acid groups (broad SMARTS) is 1. The number of aromatic carboxylic acids is 1. The Kier molecular flexibility index (Phi) is 5.60. The number of halogens is 1. The van der Waals surface area contributed by atoms with Gasteiger partial charge in [-0.15, -0.1) is 23.1 Å². The number of amides is 1. The molecule has 8 heteroatoms. The zero-order chi connectivity index (χ0) is 17.1. The van der Waals surface area contributed by atoms with Crippen LogP contribution in [-0.4, -0.2) is 27.3 Å². The minimum absolute atomic E-state index is 0.0519. The van der Waals surface area contributed by atoms with Gasteiger partial charge in [-0.3, -0.25) is 10.1 Å². The third-order valence-corrected chi connectivity index (χ3v) is 6.57. The third kappa shape index (κ3) is 4.00. The number of thiophene rings is 1. The molecule has 3 unspecified atom stereocenters. The zero-order valence-electron chi connectivity index (χ0n) is 12.4. The smallest absolute Gasteiger partial charge is 0.335 e. The number of hydrogen-bond acceptors (Lipinski definition) is 5. The molecule has 2 aromatic rings. The number of benzene rings is 1. The Labute approximate surface area is 156 Å². The highest BCUT2D eigenvalue weighted by Crippen LogP contribution is 2.31. The number of carbonyl (C=O) groups is 2. The fourth-order valence-corrected chi connectivity index (χ4v) is 4.96. The Morgan fingerprint density at radius 3 is 2.88 bits per heavy atom. The van der Waals surface area contributed by atoms with Gasteiger partial charge in [-0.25, -0.2) is 4.79 Å². The van der Waals surface area contributed by atoms with Gasteiger partial charge < -0.3 is 10.4 Å². The van der Waals surface area contributed by atoms with Crippen LogP contribution < -0.4 is 10.6 Å². The van der Waals surface area contributed by atoms with E-state index in [1.807, 2.05) is 23.6 Å². The van der Waals surface area contributed by atoms with Crippen LogP contribution in [0.1, 0.15) is 26.8 Å². The summed E-state index contributed by atoms with van der Waals surface area (Å²) in [4.78, 5) is 24.0. The second-order valence-corrected chi connectivity index (χ2v) is 8.33. The van der Waals surface area contributed by atoms with E-state index in [1.165, 1.54) is 11.8 Å². The van der Waals surface area contributed by atoms with Crippen LogP contribution in [0.15, 0.2) is 41.8 Å². The lowest BCUT2D eigenvalue weighted by Crippen LogP contribution is -2.56. The van der Waals surface area contributed by atoms with E-state index in [-0.39, 0.29) is 27.8 Å². The molecular weight excluding hydrogens is 412 g/mol. The molecule has 0 saturated carbocycles. The first-order valence-electron chi connectivity index (χ1n) is 7.22. The van der Waals surface area contributed by atoms with Gasteiger partial charge in [-0.1, -0.05) is 34.1 Å². The van der Waals surface area contributed by atoms with Crippen molar-refractivity contribution in [1.29, 1.82) is 0 Å². The van der Waals surface area contributed by atoms with E-state index in [0.29, 0.717) is 5.75 Å². The molecule has 3 atom stereocenters. The first kappa shape index (κ1) is 17.5. The molecule has 3 rings (SSSR count). The molecule has 5 nitrogen and oxygen atoms in total. The fourth-order valence-electron chi connectivity index (χ4n) is 2.41. The van der Waals surface area contributed by atoms with Crippen LogP contribution in [0.3, 0.4) is 0 Å². The Hall–Kier alpha value is -1.35. The van der Waals surface area contributed by atoms with Crippen LogP contribution in [0.2, 0.25) is 0 Å². The van der Waals surface area contributed by atoms with Gasteiger partial charge in [0.2, 0.25) is 5.91 Å². The maximum absolute atomic E-state index is 12.2. The first-order valence-corrected chi connectivity index (χ1v) is 10.1. The molecule has 0 bridgehead atoms. The summed E-state index contributed by atoms with van der Waals surface area (Å²) in [6.07, 6.45) is 0. The molecule has 1 aromatic carbocycles. The van der Waals surface area contributed by atoms with Gasteiger partial charge in [0, 0.05) is 10.6 Å². The normalized spacial score (nSPS) is 23.7. The Morgan fingerprint density at radius 2 is 2.17 bits per heavy atom. The predicted molar refractivity (Wildman–Crippen MR) is 99.5 cm³/mol. The molecular formula is C16H15BrN2O3S2. The number of alkyl halides is 1. The number of thioether (sulfide) groups is 1. The van der Waals surface area contributed by atoms with E-state index in [9.17, 15) is 9.59 Å². The van der Waals surface area contributed by atoms with E-state index in [1.54, 1.807) is 29.5 Å². The highest BCUT2D eigenvalue weighted by atomic mass is 79.9. The Balaban J connectivity index is 1.66. The molecule has 1 saturated heterocycles. The van der Waals surface area contributed by atoms with Gasteiger partial charge in [0.15, 0.2) is 0 Å². The minimum atomic E-state index is -0.939. The molecule has 1 fully saturated rings. The van der Waals surface area contributed by atoms with E-state index >= 15 is 0 Å². The van der Waals surface area contributed by atoms with Crippen molar-refractivity contribution < 1.29 is 14.7 Å². The molecule has 2 heterocycles. The standard InChI is InChI=1S/C16H15BrN2O3S2/c17-12-13(11-5-2-6-23-11)18-16(19-14(12)20)24-8-9-3-1-4-10(7-9)15(21)22/h1-7,12-13,16,18H,8H2,(H,19,20)(H,21,22). The maximum Gasteiger partial charge on any atom is 0.335 e. The summed E-state index contributed by atoms with van der Waals surface area (Å²) in [5.74, 6) is -0.391. The van der Waals surface area contributed by atoms with Crippen LogP contribution >= 0.6 is 39.0 Å². The zero-order valence-corrected chi connectivity index (χ0v) is 15.7. The van der Waals surface area contributed by atoms with Crippen LogP contribution in [0, 0.1) is 0 Å². The number of hydrogen-bond donors (Lipinski definition) is 3. The van der Waals surface area contributed by atoms with E-state index in [2.05, 4.69) is 26.6 Å². The topological polar surface area (TPSA) is 78.4 Å². The average molecular weight is 427 g/mol. The summed E-state index contributed by atoms with van der Waals surface area (Å²) in [5, 5.41) is 17.4. The van der Waals surface area contributed by atoms with Gasteiger partial charge in [0.25, 0.3) is 0 Å². The molecule has 126 valence electrons. The van der Waals surface area contributed by atoms with Crippen LogP contribution in [-0.2, 0) is 10.5 Å². The van der Waals surface area contributed by atoms with E-state index < -0.39 is 5.97 Å². The quantitative estimate of drug-likeness (QED) is 0.639. The molecule has 0 spiro atoms. The second kappa shape index (κ2) is 7.69. The number of nitrogens with one attached hydrogen (secondary N) is 2. The van der Waals surface area contributed by atoms with Crippen molar-refractivity contribution in [2.24, 2.45) is 0 Å². The van der Waals surface area contributed by atoms with Crippen molar-refractivity contribution in [1.82, 2.24) is 10.6 Å². The summed E-state index contributed by atoms with van der Waals surface area (Å²) in [6, 6.07) is 10.7. The van der Waals surface area contributed by atoms with Gasteiger partial charge in [-0.05, 0) is 29.1 Å². The van der Waals surface area contributed by atoms with Gasteiger partial charge >= 0.3 is 5.97 Å². The molecule has 0 radical (unpaired) electrons. The van der Waals surface area contributed by atoms with Crippen LogP contribution in [0.4, 0.5) is 0 Å². The Bertz CT molecular complexity index is 739. The highest BCUT2D eigenvalue weighted by molar-refractivity contribution is 9.10. The SMILES string of the molecule is O=C(O)c1cccc(CSC2NC(=O)C(Br)C(c3cccs3)N2)c1. The maximum atomic E-state index is 12.2. The highest BCUT2D eigenvalue weighted by Gasteiger charge is 2.35. The first-order chi connectivity index (χ1) is 11.5. The lowest BCUT2D eigenvalue weighted by atomic mass is 10.1. The fraction of sp³-hybridized carbons (Fsp3) is 0.250. The second-order valence-electron chi connectivity index (χ2n) is 5.27. The lowest BCUT2D eigenvalue weighted by molar-refractivity contribution is -0.122. The summed E-state index contributed by atoms with van der Waals surface area (Å²) in [5.41, 5.74) is 0.946. The molecule has 1 aliphatic rings. The molecule has 1 aromatic heterocycles. The van der Waals surface area contributed by atoms with Crippen molar-refractivity contribution in [3.05, 3.63) is 57.8 Å². The van der Waals surface area contributed by atoms with Crippen molar-refractivity contribution in [3.63, 3.8) is 0 Å². The molecule has 1 amide bonds. The van der Waals surface area contributed by atoms with E-state index in [4.69, 9.17) is 5.11 Å². The van der Waals surface area contributed by atoms with Gasteiger partial charge in [0.1, 0.15) is 10.3 Å². The number of rotatable bonds is 5. The largest absolute Gasteiger partial charge is 0.478 e.